The molecule has 0 bridgehead atoms. The van der Waals surface area contributed by atoms with Crippen LogP contribution in [0.1, 0.15) is 23.0 Å². The molecular weight excluding hydrogens is 299 g/mol. The Kier molecular flexibility index (Phi) is 4.35. The maximum absolute atomic E-state index is 12.7. The molecule has 0 aliphatic rings. The quantitative estimate of drug-likeness (QED) is 0.474. The monoisotopic (exact) mass is 311 g/mol. The molecule has 4 nitrogen and oxygen atoms in total. The number of aromatic nitrogens is 1. The zero-order valence-corrected chi connectivity index (χ0v) is 11.6. The van der Waals surface area contributed by atoms with Crippen LogP contribution in [0.25, 0.3) is 11.3 Å². The Morgan fingerprint density at radius 1 is 1.41 bits per heavy atom. The van der Waals surface area contributed by atoms with E-state index < -0.39 is 17.5 Å². The summed E-state index contributed by atoms with van der Waals surface area (Å²) in [6.45, 7) is 5.37. The Bertz CT molecular complexity index is 704. The summed E-state index contributed by atoms with van der Waals surface area (Å²) in [4.78, 5) is 15.9. The van der Waals surface area contributed by atoms with Crippen LogP contribution in [0.15, 0.2) is 47.4 Å². The van der Waals surface area contributed by atoms with Crippen molar-refractivity contribution in [3.63, 3.8) is 0 Å². The number of halogens is 3. The van der Waals surface area contributed by atoms with Crippen molar-refractivity contribution in [2.24, 2.45) is 0 Å². The van der Waals surface area contributed by atoms with Crippen molar-refractivity contribution < 1.29 is 27.1 Å². The number of hydrogen-bond acceptors (Lipinski definition) is 4. The fourth-order valence-electron chi connectivity index (χ4n) is 1.82. The number of alkyl halides is 3. The van der Waals surface area contributed by atoms with Crippen LogP contribution in [0.3, 0.4) is 0 Å². The van der Waals surface area contributed by atoms with E-state index in [-0.39, 0.29) is 29.4 Å². The third kappa shape index (κ3) is 3.19. The van der Waals surface area contributed by atoms with Crippen LogP contribution in [-0.4, -0.2) is 17.4 Å². The smallest absolute Gasteiger partial charge is 0.416 e. The Morgan fingerprint density at radius 3 is 2.77 bits per heavy atom. The van der Waals surface area contributed by atoms with Crippen molar-refractivity contribution in [3.05, 3.63) is 54.3 Å². The van der Waals surface area contributed by atoms with Crippen molar-refractivity contribution in [2.75, 3.05) is 6.61 Å². The van der Waals surface area contributed by atoms with Gasteiger partial charge in [0.25, 0.3) is 0 Å². The molecule has 0 atom stereocenters. The summed E-state index contributed by atoms with van der Waals surface area (Å²) in [6.07, 6.45) is -3.50. The number of ketones is 1. The molecule has 1 aromatic carbocycles. The lowest BCUT2D eigenvalue weighted by Crippen LogP contribution is -2.08. The molecule has 0 fully saturated rings. The van der Waals surface area contributed by atoms with Gasteiger partial charge in [-0.25, -0.2) is 4.98 Å². The van der Waals surface area contributed by atoms with Gasteiger partial charge in [-0.05, 0) is 19.1 Å². The molecule has 0 radical (unpaired) electrons. The number of benzene rings is 1. The number of carbonyl (C=O) groups is 1. The second kappa shape index (κ2) is 6.05. The number of oxazole rings is 1. The van der Waals surface area contributed by atoms with Gasteiger partial charge in [-0.1, -0.05) is 18.7 Å². The van der Waals surface area contributed by atoms with E-state index in [0.717, 1.165) is 18.5 Å². The number of ether oxygens (including phenoxy) is 1. The zero-order valence-electron chi connectivity index (χ0n) is 11.6. The van der Waals surface area contributed by atoms with Crippen LogP contribution >= 0.6 is 0 Å². The van der Waals surface area contributed by atoms with Crippen LogP contribution in [0, 0.1) is 0 Å². The first-order valence-corrected chi connectivity index (χ1v) is 6.32. The highest BCUT2D eigenvalue weighted by atomic mass is 19.4. The third-order valence-corrected chi connectivity index (χ3v) is 2.81. The van der Waals surface area contributed by atoms with Crippen molar-refractivity contribution in [3.8, 4) is 11.3 Å². The zero-order chi connectivity index (χ0) is 16.3. The molecule has 0 amide bonds. The van der Waals surface area contributed by atoms with E-state index in [1.165, 1.54) is 12.1 Å². The van der Waals surface area contributed by atoms with Gasteiger partial charge in [0.05, 0.1) is 12.2 Å². The van der Waals surface area contributed by atoms with E-state index in [0.29, 0.717) is 0 Å². The Labute approximate surface area is 124 Å². The molecule has 0 aliphatic heterocycles. The second-order valence-corrected chi connectivity index (χ2v) is 4.29. The molecule has 1 heterocycles. The van der Waals surface area contributed by atoms with Crippen LogP contribution in [0.4, 0.5) is 13.2 Å². The summed E-state index contributed by atoms with van der Waals surface area (Å²) in [6, 6.07) is 4.45. The number of nitrogens with zero attached hydrogens (tertiary/aromatic N) is 1. The average molecular weight is 311 g/mol. The van der Waals surface area contributed by atoms with E-state index in [2.05, 4.69) is 11.6 Å². The van der Waals surface area contributed by atoms with Gasteiger partial charge in [0.2, 0.25) is 5.78 Å². The molecule has 116 valence electrons. The average Bonchev–Trinajstić information content (AvgIpc) is 2.95. The van der Waals surface area contributed by atoms with Crippen molar-refractivity contribution in [2.45, 2.75) is 13.1 Å². The lowest BCUT2D eigenvalue weighted by molar-refractivity contribution is -0.137. The highest BCUT2D eigenvalue weighted by molar-refractivity contribution is 6.08. The molecule has 0 spiro atoms. The van der Waals surface area contributed by atoms with Crippen LogP contribution in [0.2, 0.25) is 0 Å². The van der Waals surface area contributed by atoms with E-state index in [1.54, 1.807) is 6.92 Å². The maximum atomic E-state index is 12.7. The molecule has 2 aromatic rings. The molecule has 1 aromatic heterocycles. The van der Waals surface area contributed by atoms with E-state index in [4.69, 9.17) is 9.15 Å². The first kappa shape index (κ1) is 15.8. The summed E-state index contributed by atoms with van der Waals surface area (Å²) in [7, 11) is 0. The summed E-state index contributed by atoms with van der Waals surface area (Å²) in [5.41, 5.74) is -0.888. The standard InChI is InChI=1S/C15H12F3NO3/c1-3-21-9(2)13(20)12-14(22-8-19-12)10-5-4-6-11(7-10)15(16,17)18/h4-8H,2-3H2,1H3. The lowest BCUT2D eigenvalue weighted by atomic mass is 10.1. The lowest BCUT2D eigenvalue weighted by Gasteiger charge is -2.08. The Balaban J connectivity index is 2.42. The van der Waals surface area contributed by atoms with Gasteiger partial charge in [0.15, 0.2) is 23.6 Å². The summed E-state index contributed by atoms with van der Waals surface area (Å²) in [5, 5.41) is 0. The minimum absolute atomic E-state index is 0.0584. The van der Waals surface area contributed by atoms with E-state index in [1.807, 2.05) is 0 Å². The summed E-state index contributed by atoms with van der Waals surface area (Å²) >= 11 is 0. The summed E-state index contributed by atoms with van der Waals surface area (Å²) < 4.78 is 48.3. The fourth-order valence-corrected chi connectivity index (χ4v) is 1.82. The number of hydrogen-bond donors (Lipinski definition) is 0. The van der Waals surface area contributed by atoms with Gasteiger partial charge in [-0.2, -0.15) is 13.2 Å². The first-order chi connectivity index (χ1) is 10.3. The molecule has 0 unspecified atom stereocenters. The maximum Gasteiger partial charge on any atom is 0.416 e. The minimum Gasteiger partial charge on any atom is -0.490 e. The van der Waals surface area contributed by atoms with E-state index >= 15 is 0 Å². The number of Topliss-reactive ketones (excluding diaryl/α,β-unsaturated/α-hetero) is 1. The van der Waals surface area contributed by atoms with Crippen molar-refractivity contribution in [1.29, 1.82) is 0 Å². The van der Waals surface area contributed by atoms with Crippen LogP contribution < -0.4 is 0 Å². The van der Waals surface area contributed by atoms with Gasteiger partial charge in [0, 0.05) is 5.56 Å². The highest BCUT2D eigenvalue weighted by Gasteiger charge is 2.31. The van der Waals surface area contributed by atoms with Gasteiger partial charge < -0.3 is 9.15 Å². The molecule has 22 heavy (non-hydrogen) atoms. The second-order valence-electron chi connectivity index (χ2n) is 4.29. The Hall–Kier alpha value is -2.57. The topological polar surface area (TPSA) is 52.3 Å². The van der Waals surface area contributed by atoms with Gasteiger partial charge >= 0.3 is 6.18 Å². The number of allylic oxidation sites excluding steroid dienone is 1. The molecule has 0 saturated carbocycles. The predicted molar refractivity (Wildman–Crippen MR) is 72.0 cm³/mol. The molecule has 0 saturated heterocycles. The third-order valence-electron chi connectivity index (χ3n) is 2.81. The molecule has 2 rings (SSSR count). The van der Waals surface area contributed by atoms with Crippen molar-refractivity contribution in [1.82, 2.24) is 4.98 Å². The number of carbonyl (C=O) groups excluding carboxylic acids is 1. The van der Waals surface area contributed by atoms with Gasteiger partial charge in [-0.3, -0.25) is 4.79 Å². The minimum atomic E-state index is -4.49. The molecule has 0 N–H and O–H groups in total. The molecule has 7 heteroatoms. The van der Waals surface area contributed by atoms with E-state index in [9.17, 15) is 18.0 Å². The largest absolute Gasteiger partial charge is 0.490 e. The van der Waals surface area contributed by atoms with Crippen LogP contribution in [-0.2, 0) is 10.9 Å². The normalized spacial score (nSPS) is 11.3. The number of rotatable bonds is 5. The Morgan fingerprint density at radius 2 is 2.14 bits per heavy atom. The fraction of sp³-hybridized carbons (Fsp3) is 0.200. The summed E-state index contributed by atoms with van der Waals surface area (Å²) in [5.74, 6) is -0.843. The first-order valence-electron chi connectivity index (χ1n) is 6.32. The van der Waals surface area contributed by atoms with Crippen LogP contribution in [0.5, 0.6) is 0 Å². The highest BCUT2D eigenvalue weighted by Crippen LogP contribution is 2.33. The van der Waals surface area contributed by atoms with Gasteiger partial charge in [0.1, 0.15) is 0 Å². The molecular formula is C15H12F3NO3. The van der Waals surface area contributed by atoms with Gasteiger partial charge in [-0.15, -0.1) is 0 Å². The molecule has 0 aliphatic carbocycles. The SMILES string of the molecule is C=C(OCC)C(=O)c1ncoc1-c1cccc(C(F)(F)F)c1. The predicted octanol–water partition coefficient (Wildman–Crippen LogP) is 4.09. The van der Waals surface area contributed by atoms with Crippen molar-refractivity contribution >= 4 is 5.78 Å².